The molecule has 0 aromatic heterocycles. The lowest BCUT2D eigenvalue weighted by Crippen LogP contribution is -2.38. The fraction of sp³-hybridized carbons (Fsp3) is 0.571. The summed E-state index contributed by atoms with van der Waals surface area (Å²) in [4.78, 5) is 0. The van der Waals surface area contributed by atoms with Crippen molar-refractivity contribution in [2.24, 2.45) is 0 Å². The molecule has 0 saturated carbocycles. The van der Waals surface area contributed by atoms with E-state index in [2.05, 4.69) is 43.4 Å². The molecule has 2 heteroatoms. The van der Waals surface area contributed by atoms with E-state index in [0.717, 1.165) is 25.9 Å². The summed E-state index contributed by atoms with van der Waals surface area (Å²) in [7, 11) is 0. The lowest BCUT2D eigenvalue weighted by Gasteiger charge is -2.33. The molecule has 1 aromatic rings. The first kappa shape index (κ1) is 11.6. The van der Waals surface area contributed by atoms with Crippen molar-refractivity contribution in [3.05, 3.63) is 35.9 Å². The third-order valence-corrected chi connectivity index (χ3v) is 3.55. The summed E-state index contributed by atoms with van der Waals surface area (Å²) >= 11 is 0. The molecule has 0 radical (unpaired) electrons. The number of benzene rings is 1. The van der Waals surface area contributed by atoms with Gasteiger partial charge in [-0.05, 0) is 30.4 Å². The average molecular weight is 219 g/mol. The monoisotopic (exact) mass is 219 g/mol. The smallest absolute Gasteiger partial charge is 0.0791 e. The van der Waals surface area contributed by atoms with E-state index in [1.54, 1.807) is 0 Å². The van der Waals surface area contributed by atoms with Crippen LogP contribution in [0.15, 0.2) is 30.3 Å². The van der Waals surface area contributed by atoms with Crippen molar-refractivity contribution in [3.63, 3.8) is 0 Å². The summed E-state index contributed by atoms with van der Waals surface area (Å²) in [6, 6.07) is 10.4. The van der Waals surface area contributed by atoms with Crippen molar-refractivity contribution in [1.82, 2.24) is 5.32 Å². The highest BCUT2D eigenvalue weighted by atomic mass is 16.3. The molecule has 16 heavy (non-hydrogen) atoms. The molecule has 2 nitrogen and oxygen atoms in total. The van der Waals surface area contributed by atoms with Crippen molar-refractivity contribution in [2.75, 3.05) is 13.1 Å². The zero-order valence-electron chi connectivity index (χ0n) is 10.2. The first-order chi connectivity index (χ1) is 7.52. The van der Waals surface area contributed by atoms with E-state index in [1.807, 2.05) is 6.07 Å². The highest BCUT2D eigenvalue weighted by Crippen LogP contribution is 2.34. The van der Waals surface area contributed by atoms with Crippen LogP contribution in [-0.4, -0.2) is 23.8 Å². The largest absolute Gasteiger partial charge is 0.388 e. The summed E-state index contributed by atoms with van der Waals surface area (Å²) < 4.78 is 0. The Hall–Kier alpha value is -0.860. The van der Waals surface area contributed by atoms with Gasteiger partial charge >= 0.3 is 0 Å². The SMILES string of the molecule is CC(C)(CC1(O)CCNC1)c1ccccc1. The van der Waals surface area contributed by atoms with Crippen LogP contribution in [0, 0.1) is 0 Å². The van der Waals surface area contributed by atoms with E-state index >= 15 is 0 Å². The van der Waals surface area contributed by atoms with E-state index in [9.17, 15) is 5.11 Å². The van der Waals surface area contributed by atoms with Crippen LogP contribution in [0.5, 0.6) is 0 Å². The second-order valence-electron chi connectivity index (χ2n) is 5.58. The van der Waals surface area contributed by atoms with Crippen molar-refractivity contribution >= 4 is 0 Å². The third-order valence-electron chi connectivity index (χ3n) is 3.55. The van der Waals surface area contributed by atoms with Crippen molar-refractivity contribution in [3.8, 4) is 0 Å². The van der Waals surface area contributed by atoms with Crippen molar-refractivity contribution in [2.45, 2.75) is 37.7 Å². The molecule has 0 bridgehead atoms. The predicted octanol–water partition coefficient (Wildman–Crippen LogP) is 2.08. The molecule has 1 atom stereocenters. The molecule has 0 spiro atoms. The van der Waals surface area contributed by atoms with Gasteiger partial charge in [-0.1, -0.05) is 44.2 Å². The molecule has 1 fully saturated rings. The van der Waals surface area contributed by atoms with Crippen LogP contribution in [0.3, 0.4) is 0 Å². The van der Waals surface area contributed by atoms with Crippen LogP contribution in [0.2, 0.25) is 0 Å². The van der Waals surface area contributed by atoms with Gasteiger partial charge in [0.15, 0.2) is 0 Å². The van der Waals surface area contributed by atoms with Gasteiger partial charge in [0.05, 0.1) is 5.60 Å². The van der Waals surface area contributed by atoms with E-state index in [1.165, 1.54) is 5.56 Å². The zero-order valence-corrected chi connectivity index (χ0v) is 10.2. The van der Waals surface area contributed by atoms with E-state index in [0.29, 0.717) is 0 Å². The van der Waals surface area contributed by atoms with Crippen molar-refractivity contribution in [1.29, 1.82) is 0 Å². The average Bonchev–Trinajstić information content (AvgIpc) is 2.65. The number of aliphatic hydroxyl groups is 1. The minimum absolute atomic E-state index is 0.0298. The first-order valence-electron chi connectivity index (χ1n) is 6.01. The molecule has 1 aliphatic heterocycles. The maximum Gasteiger partial charge on any atom is 0.0791 e. The normalized spacial score (nSPS) is 25.9. The molecular weight excluding hydrogens is 198 g/mol. The van der Waals surface area contributed by atoms with Crippen LogP contribution in [-0.2, 0) is 5.41 Å². The van der Waals surface area contributed by atoms with Gasteiger partial charge in [-0.15, -0.1) is 0 Å². The minimum atomic E-state index is -0.528. The highest BCUT2D eigenvalue weighted by molar-refractivity contribution is 5.24. The Bertz CT molecular complexity index is 339. The Morgan fingerprint density at radius 2 is 2.00 bits per heavy atom. The Morgan fingerprint density at radius 1 is 1.31 bits per heavy atom. The van der Waals surface area contributed by atoms with Gasteiger partial charge in [-0.25, -0.2) is 0 Å². The standard InChI is InChI=1S/C14H21NO/c1-13(2,12-6-4-3-5-7-12)10-14(16)8-9-15-11-14/h3-7,15-16H,8-11H2,1-2H3. The molecule has 1 saturated heterocycles. The van der Waals surface area contributed by atoms with Crippen LogP contribution >= 0.6 is 0 Å². The topological polar surface area (TPSA) is 32.3 Å². The molecule has 0 amide bonds. The van der Waals surface area contributed by atoms with Gasteiger partial charge in [0.25, 0.3) is 0 Å². The lowest BCUT2D eigenvalue weighted by molar-refractivity contribution is 0.0326. The number of nitrogens with one attached hydrogen (secondary N) is 1. The lowest BCUT2D eigenvalue weighted by atomic mass is 9.75. The molecule has 1 heterocycles. The summed E-state index contributed by atoms with van der Waals surface area (Å²) in [6.07, 6.45) is 1.68. The van der Waals surface area contributed by atoms with E-state index < -0.39 is 5.60 Å². The molecule has 0 aliphatic carbocycles. The van der Waals surface area contributed by atoms with Crippen LogP contribution in [0.25, 0.3) is 0 Å². The van der Waals surface area contributed by atoms with E-state index in [-0.39, 0.29) is 5.41 Å². The molecule has 1 unspecified atom stereocenters. The number of rotatable bonds is 3. The second-order valence-corrected chi connectivity index (χ2v) is 5.58. The third kappa shape index (κ3) is 2.45. The van der Waals surface area contributed by atoms with Crippen LogP contribution in [0.1, 0.15) is 32.3 Å². The zero-order chi connectivity index (χ0) is 11.6. The fourth-order valence-corrected chi connectivity index (χ4v) is 2.70. The highest BCUT2D eigenvalue weighted by Gasteiger charge is 2.37. The van der Waals surface area contributed by atoms with E-state index in [4.69, 9.17) is 0 Å². The summed E-state index contributed by atoms with van der Waals surface area (Å²) in [5, 5.41) is 13.7. The van der Waals surface area contributed by atoms with Gasteiger partial charge in [0.2, 0.25) is 0 Å². The van der Waals surface area contributed by atoms with Gasteiger partial charge < -0.3 is 10.4 Å². The molecular formula is C14H21NO. The Morgan fingerprint density at radius 3 is 2.56 bits per heavy atom. The first-order valence-corrected chi connectivity index (χ1v) is 6.01. The number of hydrogen-bond acceptors (Lipinski definition) is 2. The van der Waals surface area contributed by atoms with Crippen LogP contribution in [0.4, 0.5) is 0 Å². The van der Waals surface area contributed by atoms with Crippen molar-refractivity contribution < 1.29 is 5.11 Å². The molecule has 2 N–H and O–H groups in total. The Kier molecular flexibility index (Phi) is 3.04. The fourth-order valence-electron chi connectivity index (χ4n) is 2.70. The van der Waals surface area contributed by atoms with Crippen LogP contribution < -0.4 is 5.32 Å². The summed E-state index contributed by atoms with van der Waals surface area (Å²) in [5.74, 6) is 0. The van der Waals surface area contributed by atoms with Gasteiger partial charge in [-0.3, -0.25) is 0 Å². The maximum absolute atomic E-state index is 10.4. The van der Waals surface area contributed by atoms with Gasteiger partial charge in [0.1, 0.15) is 0 Å². The number of hydrogen-bond donors (Lipinski definition) is 2. The maximum atomic E-state index is 10.4. The second kappa shape index (κ2) is 4.19. The molecule has 1 aromatic carbocycles. The molecule has 2 rings (SSSR count). The summed E-state index contributed by atoms with van der Waals surface area (Å²) in [6.45, 7) is 6.07. The number of β-amino-alcohol motifs (C(OH)–C–C–N with tert-alkyl or cyclic N) is 1. The van der Waals surface area contributed by atoms with Gasteiger partial charge in [-0.2, -0.15) is 0 Å². The summed E-state index contributed by atoms with van der Waals surface area (Å²) in [5.41, 5.74) is 0.803. The Balaban J connectivity index is 2.13. The Labute approximate surface area is 97.7 Å². The minimum Gasteiger partial charge on any atom is -0.388 e. The molecule has 88 valence electrons. The predicted molar refractivity (Wildman–Crippen MR) is 66.5 cm³/mol. The molecule has 1 aliphatic rings. The quantitative estimate of drug-likeness (QED) is 0.815. The van der Waals surface area contributed by atoms with Gasteiger partial charge in [0, 0.05) is 6.54 Å².